The van der Waals surface area contributed by atoms with Crippen LogP contribution in [-0.2, 0) is 6.54 Å². The molecule has 2 heterocycles. The Morgan fingerprint density at radius 2 is 2.00 bits per heavy atom. The molecule has 29 heavy (non-hydrogen) atoms. The second-order valence-electron chi connectivity index (χ2n) is 7.41. The van der Waals surface area contributed by atoms with Crippen LogP contribution in [-0.4, -0.2) is 74.1 Å². The molecule has 1 N–H and O–H groups in total. The van der Waals surface area contributed by atoms with E-state index in [-0.39, 0.29) is 24.0 Å². The van der Waals surface area contributed by atoms with Crippen molar-refractivity contribution in [1.29, 1.82) is 0 Å². The zero-order valence-corrected chi connectivity index (χ0v) is 20.8. The minimum atomic E-state index is 0. The number of nitrogens with zero attached hydrogens (tertiary/aromatic N) is 5. The van der Waals surface area contributed by atoms with Gasteiger partial charge in [-0.25, -0.2) is 4.98 Å². The first-order valence-electron chi connectivity index (χ1n) is 10.6. The number of halogens is 1. The summed E-state index contributed by atoms with van der Waals surface area (Å²) in [6.07, 6.45) is 8.70. The fourth-order valence-corrected chi connectivity index (χ4v) is 3.49. The first-order chi connectivity index (χ1) is 13.7. The molecular weight excluding hydrogens is 475 g/mol. The van der Waals surface area contributed by atoms with Crippen LogP contribution in [0.15, 0.2) is 36.0 Å². The molecule has 7 heteroatoms. The molecule has 0 radical (unpaired) electrons. The Balaban J connectivity index is 0.00000420. The van der Waals surface area contributed by atoms with Crippen LogP contribution in [0.2, 0.25) is 0 Å². The fourth-order valence-electron chi connectivity index (χ4n) is 3.49. The minimum absolute atomic E-state index is 0. The van der Waals surface area contributed by atoms with Gasteiger partial charge in [0, 0.05) is 59.6 Å². The number of aromatic nitrogens is 1. The van der Waals surface area contributed by atoms with Gasteiger partial charge in [0.25, 0.3) is 0 Å². The number of nitrogens with one attached hydrogen (secondary N) is 1. The summed E-state index contributed by atoms with van der Waals surface area (Å²) >= 11 is 0. The van der Waals surface area contributed by atoms with Crippen molar-refractivity contribution < 1.29 is 0 Å². The normalized spacial score (nSPS) is 15.0. The van der Waals surface area contributed by atoms with Crippen LogP contribution in [0, 0.1) is 0 Å². The summed E-state index contributed by atoms with van der Waals surface area (Å²) < 4.78 is 0. The van der Waals surface area contributed by atoms with Gasteiger partial charge in [0.15, 0.2) is 5.96 Å². The number of anilines is 1. The monoisotopic (exact) mass is 514 g/mol. The predicted molar refractivity (Wildman–Crippen MR) is 135 cm³/mol. The van der Waals surface area contributed by atoms with Gasteiger partial charge in [-0.2, -0.15) is 0 Å². The molecule has 6 nitrogen and oxygen atoms in total. The van der Waals surface area contributed by atoms with E-state index in [1.807, 2.05) is 19.3 Å². The van der Waals surface area contributed by atoms with E-state index in [1.54, 1.807) is 0 Å². The molecule has 1 aliphatic rings. The quantitative estimate of drug-likeness (QED) is 0.170. The molecule has 0 saturated carbocycles. The molecule has 0 aliphatic carbocycles. The summed E-state index contributed by atoms with van der Waals surface area (Å²) in [4.78, 5) is 16.1. The Bertz CT molecular complexity index is 596. The van der Waals surface area contributed by atoms with Crippen molar-refractivity contribution in [2.24, 2.45) is 4.99 Å². The molecule has 0 unspecified atom stereocenters. The highest BCUT2D eigenvalue weighted by atomic mass is 127. The number of hydrogen-bond acceptors (Lipinski definition) is 4. The van der Waals surface area contributed by atoms with E-state index in [2.05, 4.69) is 62.7 Å². The third-order valence-corrected chi connectivity index (χ3v) is 5.38. The van der Waals surface area contributed by atoms with E-state index in [4.69, 9.17) is 0 Å². The summed E-state index contributed by atoms with van der Waals surface area (Å²) in [6, 6.07) is 4.31. The van der Waals surface area contributed by atoms with Gasteiger partial charge in [-0.05, 0) is 37.4 Å². The van der Waals surface area contributed by atoms with Gasteiger partial charge in [0.1, 0.15) is 5.82 Å². The van der Waals surface area contributed by atoms with Gasteiger partial charge in [0.2, 0.25) is 0 Å². The number of guanidine groups is 1. The molecule has 1 aliphatic heterocycles. The maximum Gasteiger partial charge on any atom is 0.193 e. The number of piperazine rings is 1. The molecule has 1 aromatic rings. The van der Waals surface area contributed by atoms with Crippen molar-refractivity contribution in [3.63, 3.8) is 0 Å². The smallest absolute Gasteiger partial charge is 0.193 e. The lowest BCUT2D eigenvalue weighted by Crippen LogP contribution is -2.46. The van der Waals surface area contributed by atoms with Crippen molar-refractivity contribution in [2.45, 2.75) is 39.2 Å². The maximum absolute atomic E-state index is 4.69. The lowest BCUT2D eigenvalue weighted by atomic mass is 10.2. The molecule has 1 saturated heterocycles. The molecule has 1 fully saturated rings. The summed E-state index contributed by atoms with van der Waals surface area (Å²) in [7, 11) is 3.94. The fraction of sp³-hybridized carbons (Fsp3) is 0.636. The van der Waals surface area contributed by atoms with Gasteiger partial charge in [-0.3, -0.25) is 4.99 Å². The highest BCUT2D eigenvalue weighted by Gasteiger charge is 2.16. The van der Waals surface area contributed by atoms with Crippen LogP contribution < -0.4 is 10.2 Å². The molecule has 164 valence electrons. The second-order valence-corrected chi connectivity index (χ2v) is 7.41. The highest BCUT2D eigenvalue weighted by Crippen LogP contribution is 2.14. The molecule has 0 bridgehead atoms. The Labute approximate surface area is 194 Å². The van der Waals surface area contributed by atoms with E-state index in [1.165, 1.54) is 24.8 Å². The van der Waals surface area contributed by atoms with Crippen LogP contribution in [0.1, 0.15) is 38.2 Å². The summed E-state index contributed by atoms with van der Waals surface area (Å²) in [5.41, 5.74) is 1.18. The number of rotatable bonds is 10. The Morgan fingerprint density at radius 1 is 1.24 bits per heavy atom. The maximum atomic E-state index is 4.69. The van der Waals surface area contributed by atoms with Gasteiger partial charge in [-0.1, -0.05) is 25.5 Å². The molecule has 2 rings (SSSR count). The van der Waals surface area contributed by atoms with Crippen molar-refractivity contribution in [3.8, 4) is 0 Å². The van der Waals surface area contributed by atoms with Crippen molar-refractivity contribution in [1.82, 2.24) is 20.1 Å². The molecule has 0 spiro atoms. The van der Waals surface area contributed by atoms with E-state index in [0.29, 0.717) is 0 Å². The number of pyridine rings is 1. The number of aliphatic imine (C=N–C) groups is 1. The van der Waals surface area contributed by atoms with Crippen LogP contribution in [0.25, 0.3) is 0 Å². The number of hydrogen-bond donors (Lipinski definition) is 1. The average molecular weight is 515 g/mol. The lowest BCUT2D eigenvalue weighted by Gasteiger charge is -2.34. The van der Waals surface area contributed by atoms with E-state index >= 15 is 0 Å². The largest absolute Gasteiger partial charge is 0.354 e. The highest BCUT2D eigenvalue weighted by molar-refractivity contribution is 14.0. The summed E-state index contributed by atoms with van der Waals surface area (Å²) in [6.45, 7) is 13.3. The first-order valence-corrected chi connectivity index (χ1v) is 10.6. The summed E-state index contributed by atoms with van der Waals surface area (Å²) in [5, 5.41) is 3.45. The number of unbranched alkanes of at least 4 members (excludes halogenated alkanes) is 3. The minimum Gasteiger partial charge on any atom is -0.354 e. The molecule has 0 atom stereocenters. The van der Waals surface area contributed by atoms with E-state index < -0.39 is 0 Å². The first kappa shape index (κ1) is 25.7. The third kappa shape index (κ3) is 8.90. The van der Waals surface area contributed by atoms with Crippen LogP contribution in [0.4, 0.5) is 5.82 Å². The second kappa shape index (κ2) is 14.6. The van der Waals surface area contributed by atoms with Crippen molar-refractivity contribution in [3.05, 3.63) is 36.5 Å². The number of allylic oxidation sites excluding steroid dienone is 1. The standard InChI is InChI=1S/C22H38N6.HI/c1-5-7-8-9-10-13-26(4)22(23-3)25-19-20-11-12-21(24-18-20)28-16-14-27(6-2)15-17-28;/h5,11-12,18H,1,6-10,13-17,19H2,2-4H3,(H,23,25);1H. The van der Waals surface area contributed by atoms with Crippen molar-refractivity contribution >= 4 is 35.8 Å². The Hall–Kier alpha value is -1.35. The topological polar surface area (TPSA) is 47.0 Å². The van der Waals surface area contributed by atoms with Crippen LogP contribution in [0.5, 0.6) is 0 Å². The molecule has 0 amide bonds. The summed E-state index contributed by atoms with van der Waals surface area (Å²) in [5.74, 6) is 2.02. The third-order valence-electron chi connectivity index (χ3n) is 5.38. The van der Waals surface area contributed by atoms with Gasteiger partial charge in [0.05, 0.1) is 0 Å². The van der Waals surface area contributed by atoms with Gasteiger partial charge < -0.3 is 20.0 Å². The van der Waals surface area contributed by atoms with Crippen LogP contribution in [0.3, 0.4) is 0 Å². The van der Waals surface area contributed by atoms with Gasteiger partial charge in [-0.15, -0.1) is 30.6 Å². The Kier molecular flexibility index (Phi) is 12.9. The van der Waals surface area contributed by atoms with Crippen molar-refractivity contribution in [2.75, 3.05) is 58.3 Å². The lowest BCUT2D eigenvalue weighted by molar-refractivity contribution is 0.270. The molecular formula is C22H39IN6. The molecule has 0 aromatic carbocycles. The van der Waals surface area contributed by atoms with E-state index in [0.717, 1.165) is 64.0 Å². The Morgan fingerprint density at radius 3 is 2.59 bits per heavy atom. The number of likely N-dealkylation sites (N-methyl/N-ethyl adjacent to an activating group) is 1. The zero-order valence-electron chi connectivity index (χ0n) is 18.4. The average Bonchev–Trinajstić information content (AvgIpc) is 2.74. The zero-order chi connectivity index (χ0) is 20.2. The van der Waals surface area contributed by atoms with Crippen LogP contribution >= 0.6 is 24.0 Å². The SMILES string of the molecule is C=CCCCCCN(C)C(=NC)NCc1ccc(N2CCN(CC)CC2)nc1.I. The predicted octanol–water partition coefficient (Wildman–Crippen LogP) is 3.60. The van der Waals surface area contributed by atoms with Gasteiger partial charge >= 0.3 is 0 Å². The molecule has 1 aromatic heterocycles. The van der Waals surface area contributed by atoms with E-state index in [9.17, 15) is 0 Å².